The Kier molecular flexibility index (Phi) is 7.34. The second-order valence-electron chi connectivity index (χ2n) is 4.35. The van der Waals surface area contributed by atoms with Crippen molar-refractivity contribution in [2.75, 3.05) is 19.8 Å². The first-order chi connectivity index (χ1) is 6.95. The summed E-state index contributed by atoms with van der Waals surface area (Å²) in [5.41, 5.74) is 5.17. The third-order valence-electron chi connectivity index (χ3n) is 1.73. The van der Waals surface area contributed by atoms with Crippen LogP contribution in [0.2, 0.25) is 0 Å². The molecule has 90 valence electrons. The van der Waals surface area contributed by atoms with Gasteiger partial charge < -0.3 is 15.2 Å². The summed E-state index contributed by atoms with van der Waals surface area (Å²) >= 11 is 0. The molecule has 0 amide bonds. The van der Waals surface area contributed by atoms with Crippen LogP contribution in [0.4, 0.5) is 0 Å². The van der Waals surface area contributed by atoms with Crippen LogP contribution in [0.25, 0.3) is 0 Å². The molecule has 4 nitrogen and oxygen atoms in total. The number of rotatable bonds is 8. The highest BCUT2D eigenvalue weighted by molar-refractivity contribution is 5.70. The van der Waals surface area contributed by atoms with E-state index >= 15 is 0 Å². The average Bonchev–Trinajstić information content (AvgIpc) is 2.08. The summed E-state index contributed by atoms with van der Waals surface area (Å²) in [6, 6.07) is 0. The molecule has 0 fully saturated rings. The Hall–Kier alpha value is -0.610. The predicted molar refractivity (Wildman–Crippen MR) is 59.6 cm³/mol. The van der Waals surface area contributed by atoms with Crippen LogP contribution in [-0.4, -0.2) is 31.3 Å². The van der Waals surface area contributed by atoms with Crippen LogP contribution in [0, 0.1) is 0 Å². The van der Waals surface area contributed by atoms with Gasteiger partial charge in [0.25, 0.3) is 0 Å². The summed E-state index contributed by atoms with van der Waals surface area (Å²) < 4.78 is 10.2. The van der Waals surface area contributed by atoms with Gasteiger partial charge in [-0.3, -0.25) is 4.79 Å². The fourth-order valence-corrected chi connectivity index (χ4v) is 0.986. The molecular formula is C11H23NO3. The summed E-state index contributed by atoms with van der Waals surface area (Å²) in [4.78, 5) is 11.2. The Balaban J connectivity index is 3.32. The molecule has 0 spiro atoms. The Morgan fingerprint density at radius 3 is 2.47 bits per heavy atom. The quantitative estimate of drug-likeness (QED) is 0.494. The molecule has 2 N–H and O–H groups in total. The summed E-state index contributed by atoms with van der Waals surface area (Å²) in [7, 11) is 0. The lowest BCUT2D eigenvalue weighted by molar-refractivity contribution is -0.146. The largest absolute Gasteiger partial charge is 0.463 e. The predicted octanol–water partition coefficient (Wildman–Crippen LogP) is 1.47. The van der Waals surface area contributed by atoms with E-state index in [0.29, 0.717) is 13.2 Å². The number of hydrogen-bond acceptors (Lipinski definition) is 4. The van der Waals surface area contributed by atoms with Gasteiger partial charge in [0.1, 0.15) is 6.61 Å². The molecule has 0 atom stereocenters. The minimum Gasteiger partial charge on any atom is -0.463 e. The van der Waals surface area contributed by atoms with E-state index in [2.05, 4.69) is 6.92 Å². The van der Waals surface area contributed by atoms with Crippen LogP contribution in [0.5, 0.6) is 0 Å². The molecule has 0 rings (SSSR count). The van der Waals surface area contributed by atoms with Crippen LogP contribution in [0.15, 0.2) is 0 Å². The van der Waals surface area contributed by atoms with Crippen molar-refractivity contribution in [1.82, 2.24) is 0 Å². The van der Waals surface area contributed by atoms with E-state index in [0.717, 1.165) is 19.4 Å². The Bertz CT molecular complexity index is 175. The van der Waals surface area contributed by atoms with E-state index in [-0.39, 0.29) is 12.4 Å². The molecule has 0 aromatic rings. The first-order valence-corrected chi connectivity index (χ1v) is 5.48. The van der Waals surface area contributed by atoms with Crippen molar-refractivity contribution in [1.29, 1.82) is 0 Å². The molecule has 0 bridgehead atoms. The van der Waals surface area contributed by atoms with Gasteiger partial charge in [-0.1, -0.05) is 13.3 Å². The lowest BCUT2D eigenvalue weighted by Crippen LogP contribution is -2.35. The minimum absolute atomic E-state index is 0.238. The van der Waals surface area contributed by atoms with Gasteiger partial charge >= 0.3 is 5.97 Å². The van der Waals surface area contributed by atoms with Gasteiger partial charge in [0.05, 0.1) is 13.0 Å². The number of nitrogens with two attached hydrogens (primary N) is 1. The van der Waals surface area contributed by atoms with Crippen molar-refractivity contribution in [3.63, 3.8) is 0 Å². The summed E-state index contributed by atoms with van der Waals surface area (Å²) in [5.74, 6) is -0.262. The maximum atomic E-state index is 11.2. The SMILES string of the molecule is CCCCOCCOC(=O)CC(C)(C)N. The molecule has 0 saturated carbocycles. The van der Waals surface area contributed by atoms with Crippen LogP contribution in [0.1, 0.15) is 40.0 Å². The van der Waals surface area contributed by atoms with Gasteiger partial charge in [0, 0.05) is 12.1 Å². The number of carbonyl (C=O) groups is 1. The highest BCUT2D eigenvalue weighted by atomic mass is 16.6. The highest BCUT2D eigenvalue weighted by Gasteiger charge is 2.17. The maximum absolute atomic E-state index is 11.2. The van der Waals surface area contributed by atoms with Crippen molar-refractivity contribution < 1.29 is 14.3 Å². The van der Waals surface area contributed by atoms with Gasteiger partial charge in [-0.15, -0.1) is 0 Å². The lowest BCUT2D eigenvalue weighted by atomic mass is 10.0. The maximum Gasteiger partial charge on any atom is 0.307 e. The second-order valence-corrected chi connectivity index (χ2v) is 4.35. The first kappa shape index (κ1) is 14.4. The van der Waals surface area contributed by atoms with Crippen molar-refractivity contribution in [2.24, 2.45) is 5.73 Å². The zero-order chi connectivity index (χ0) is 11.7. The Labute approximate surface area is 92.1 Å². The third kappa shape index (κ3) is 11.3. The fraction of sp³-hybridized carbons (Fsp3) is 0.909. The standard InChI is InChI=1S/C11H23NO3/c1-4-5-6-14-7-8-15-10(13)9-11(2,3)12/h4-9,12H2,1-3H3. The summed E-state index contributed by atoms with van der Waals surface area (Å²) in [6.07, 6.45) is 2.40. The monoisotopic (exact) mass is 217 g/mol. The number of carbonyl (C=O) groups excluding carboxylic acids is 1. The first-order valence-electron chi connectivity index (χ1n) is 5.48. The smallest absolute Gasteiger partial charge is 0.307 e. The van der Waals surface area contributed by atoms with Crippen molar-refractivity contribution in [3.05, 3.63) is 0 Å². The van der Waals surface area contributed by atoms with Gasteiger partial charge in [-0.2, -0.15) is 0 Å². The summed E-state index contributed by atoms with van der Waals surface area (Å²) in [6.45, 7) is 7.22. The van der Waals surface area contributed by atoms with Crippen molar-refractivity contribution in [3.8, 4) is 0 Å². The lowest BCUT2D eigenvalue weighted by Gasteiger charge is -2.16. The molecular weight excluding hydrogens is 194 g/mol. The number of esters is 1. The number of ether oxygens (including phenoxy) is 2. The highest BCUT2D eigenvalue weighted by Crippen LogP contribution is 2.04. The van der Waals surface area contributed by atoms with Crippen LogP contribution in [-0.2, 0) is 14.3 Å². The van der Waals surface area contributed by atoms with E-state index in [1.807, 2.05) is 0 Å². The van der Waals surface area contributed by atoms with Crippen molar-refractivity contribution >= 4 is 5.97 Å². The Morgan fingerprint density at radius 2 is 1.93 bits per heavy atom. The zero-order valence-electron chi connectivity index (χ0n) is 10.0. The molecule has 0 aromatic heterocycles. The van der Waals surface area contributed by atoms with E-state index in [4.69, 9.17) is 15.2 Å². The molecule has 15 heavy (non-hydrogen) atoms. The average molecular weight is 217 g/mol. The molecule has 4 heteroatoms. The number of hydrogen-bond donors (Lipinski definition) is 1. The van der Waals surface area contributed by atoms with E-state index in [9.17, 15) is 4.79 Å². The molecule has 0 heterocycles. The topological polar surface area (TPSA) is 61.5 Å². The van der Waals surface area contributed by atoms with Crippen LogP contribution >= 0.6 is 0 Å². The fourth-order valence-electron chi connectivity index (χ4n) is 0.986. The molecule has 0 unspecified atom stereocenters. The van der Waals surface area contributed by atoms with Crippen molar-refractivity contribution in [2.45, 2.75) is 45.6 Å². The molecule has 0 radical (unpaired) electrons. The van der Waals surface area contributed by atoms with Gasteiger partial charge in [0.15, 0.2) is 0 Å². The molecule has 0 aliphatic heterocycles. The van der Waals surface area contributed by atoms with Gasteiger partial charge in [-0.05, 0) is 20.3 Å². The van der Waals surface area contributed by atoms with Gasteiger partial charge in [-0.25, -0.2) is 0 Å². The van der Waals surface area contributed by atoms with Crippen LogP contribution in [0.3, 0.4) is 0 Å². The number of unbranched alkanes of at least 4 members (excludes halogenated alkanes) is 1. The molecule has 0 saturated heterocycles. The van der Waals surface area contributed by atoms with Crippen LogP contribution < -0.4 is 5.73 Å². The third-order valence-corrected chi connectivity index (χ3v) is 1.73. The zero-order valence-corrected chi connectivity index (χ0v) is 10.0. The van der Waals surface area contributed by atoms with E-state index in [1.165, 1.54) is 0 Å². The molecule has 0 aliphatic carbocycles. The summed E-state index contributed by atoms with van der Waals surface area (Å²) in [5, 5.41) is 0. The molecule has 0 aliphatic rings. The minimum atomic E-state index is -0.500. The van der Waals surface area contributed by atoms with E-state index in [1.54, 1.807) is 13.8 Å². The Morgan fingerprint density at radius 1 is 1.27 bits per heavy atom. The van der Waals surface area contributed by atoms with Gasteiger partial charge in [0.2, 0.25) is 0 Å². The van der Waals surface area contributed by atoms with E-state index < -0.39 is 5.54 Å². The molecule has 0 aromatic carbocycles. The normalized spacial score (nSPS) is 11.5. The second kappa shape index (κ2) is 7.65.